The standard InChI is InChI=1S/C10H17N/c1-5-8-10(11-7-3)9(4)6-2/h5,8,11H,1,4,6-7H2,2-3H3/b10-8+. The molecular weight excluding hydrogens is 134 g/mol. The largest absolute Gasteiger partial charge is 0.385 e. The first kappa shape index (κ1) is 10.0. The summed E-state index contributed by atoms with van der Waals surface area (Å²) in [4.78, 5) is 0. The minimum atomic E-state index is 0.929. The predicted molar refractivity (Wildman–Crippen MR) is 51.4 cm³/mol. The second kappa shape index (κ2) is 5.78. The van der Waals surface area contributed by atoms with Gasteiger partial charge in [0.15, 0.2) is 0 Å². The molecule has 62 valence electrons. The molecule has 0 heterocycles. The van der Waals surface area contributed by atoms with E-state index >= 15 is 0 Å². The van der Waals surface area contributed by atoms with Gasteiger partial charge >= 0.3 is 0 Å². The Kier molecular flexibility index (Phi) is 5.26. The Morgan fingerprint density at radius 3 is 2.45 bits per heavy atom. The average molecular weight is 151 g/mol. The van der Waals surface area contributed by atoms with Crippen molar-refractivity contribution in [3.05, 3.63) is 36.6 Å². The highest BCUT2D eigenvalue weighted by atomic mass is 14.9. The van der Waals surface area contributed by atoms with E-state index in [4.69, 9.17) is 0 Å². The number of hydrogen-bond acceptors (Lipinski definition) is 1. The van der Waals surface area contributed by atoms with Crippen LogP contribution in [0.1, 0.15) is 20.3 Å². The van der Waals surface area contributed by atoms with E-state index in [1.165, 1.54) is 0 Å². The summed E-state index contributed by atoms with van der Waals surface area (Å²) in [7, 11) is 0. The molecule has 1 nitrogen and oxygen atoms in total. The molecular formula is C10H17N. The minimum absolute atomic E-state index is 0.929. The van der Waals surface area contributed by atoms with Gasteiger partial charge in [0, 0.05) is 12.2 Å². The van der Waals surface area contributed by atoms with Gasteiger partial charge in [-0.15, -0.1) is 0 Å². The van der Waals surface area contributed by atoms with Gasteiger partial charge in [-0.1, -0.05) is 26.2 Å². The highest BCUT2D eigenvalue weighted by Crippen LogP contribution is 2.07. The number of nitrogens with one attached hydrogen (secondary N) is 1. The molecule has 0 radical (unpaired) electrons. The molecule has 0 aromatic heterocycles. The molecule has 0 aromatic rings. The van der Waals surface area contributed by atoms with E-state index in [1.54, 1.807) is 6.08 Å². The van der Waals surface area contributed by atoms with Crippen molar-refractivity contribution in [1.29, 1.82) is 0 Å². The highest BCUT2D eigenvalue weighted by molar-refractivity contribution is 5.29. The second-order valence-electron chi connectivity index (χ2n) is 2.30. The first-order valence-corrected chi connectivity index (χ1v) is 4.01. The average Bonchev–Trinajstić information content (AvgIpc) is 2.03. The lowest BCUT2D eigenvalue weighted by molar-refractivity contribution is 0.848. The van der Waals surface area contributed by atoms with Crippen LogP contribution >= 0.6 is 0 Å². The van der Waals surface area contributed by atoms with E-state index in [1.807, 2.05) is 6.08 Å². The van der Waals surface area contributed by atoms with Crippen LogP contribution < -0.4 is 5.32 Å². The van der Waals surface area contributed by atoms with Crippen LogP contribution in [0, 0.1) is 0 Å². The van der Waals surface area contributed by atoms with Gasteiger partial charge in [-0.25, -0.2) is 0 Å². The van der Waals surface area contributed by atoms with Crippen LogP contribution in [0.5, 0.6) is 0 Å². The van der Waals surface area contributed by atoms with Gasteiger partial charge in [0.05, 0.1) is 0 Å². The summed E-state index contributed by atoms with van der Waals surface area (Å²) in [6, 6.07) is 0. The van der Waals surface area contributed by atoms with Crippen LogP contribution in [0.4, 0.5) is 0 Å². The maximum Gasteiger partial charge on any atom is 0.0366 e. The van der Waals surface area contributed by atoms with Crippen LogP contribution in [0.3, 0.4) is 0 Å². The molecule has 0 amide bonds. The normalized spacial score (nSPS) is 10.9. The molecule has 1 N–H and O–H groups in total. The molecule has 0 aromatic carbocycles. The predicted octanol–water partition coefficient (Wildman–Crippen LogP) is 2.63. The molecule has 0 unspecified atom stereocenters. The lowest BCUT2D eigenvalue weighted by atomic mass is 10.1. The van der Waals surface area contributed by atoms with Gasteiger partial charge in [-0.3, -0.25) is 0 Å². The Bertz CT molecular complexity index is 166. The number of rotatable bonds is 5. The van der Waals surface area contributed by atoms with E-state index in [9.17, 15) is 0 Å². The molecule has 0 saturated heterocycles. The molecule has 0 aliphatic carbocycles. The minimum Gasteiger partial charge on any atom is -0.385 e. The molecule has 0 spiro atoms. The molecule has 1 heteroatoms. The Labute approximate surface area is 69.5 Å². The third kappa shape index (κ3) is 3.66. The molecule has 0 aliphatic heterocycles. The third-order valence-corrected chi connectivity index (χ3v) is 1.46. The van der Waals surface area contributed by atoms with Crippen molar-refractivity contribution in [2.45, 2.75) is 20.3 Å². The van der Waals surface area contributed by atoms with Crippen LogP contribution in [-0.2, 0) is 0 Å². The molecule has 11 heavy (non-hydrogen) atoms. The summed E-state index contributed by atoms with van der Waals surface area (Å²) in [5.41, 5.74) is 2.23. The second-order valence-corrected chi connectivity index (χ2v) is 2.30. The lowest BCUT2D eigenvalue weighted by Gasteiger charge is -2.09. The third-order valence-electron chi connectivity index (χ3n) is 1.46. The Morgan fingerprint density at radius 1 is 1.45 bits per heavy atom. The van der Waals surface area contributed by atoms with Crippen LogP contribution in [-0.4, -0.2) is 6.54 Å². The summed E-state index contributed by atoms with van der Waals surface area (Å²) in [5.74, 6) is 0. The smallest absolute Gasteiger partial charge is 0.0366 e. The maximum atomic E-state index is 3.93. The van der Waals surface area contributed by atoms with Crippen molar-refractivity contribution in [3.8, 4) is 0 Å². The van der Waals surface area contributed by atoms with Crippen molar-refractivity contribution in [2.75, 3.05) is 6.54 Å². The zero-order valence-corrected chi connectivity index (χ0v) is 7.48. The number of allylic oxidation sites excluding steroid dienone is 3. The molecule has 0 fully saturated rings. The molecule has 0 saturated carbocycles. The summed E-state index contributed by atoms with van der Waals surface area (Å²) in [6.45, 7) is 12.7. The van der Waals surface area contributed by atoms with Gasteiger partial charge in [-0.05, 0) is 25.0 Å². The fourth-order valence-electron chi connectivity index (χ4n) is 0.801. The Morgan fingerprint density at radius 2 is 2.09 bits per heavy atom. The quantitative estimate of drug-likeness (QED) is 0.596. The van der Waals surface area contributed by atoms with E-state index in [-0.39, 0.29) is 0 Å². The van der Waals surface area contributed by atoms with Gasteiger partial charge < -0.3 is 5.32 Å². The first-order valence-electron chi connectivity index (χ1n) is 4.01. The fourth-order valence-corrected chi connectivity index (χ4v) is 0.801. The van der Waals surface area contributed by atoms with Gasteiger partial charge in [0.25, 0.3) is 0 Å². The zero-order chi connectivity index (χ0) is 8.69. The van der Waals surface area contributed by atoms with Crippen molar-refractivity contribution in [2.24, 2.45) is 0 Å². The van der Waals surface area contributed by atoms with E-state index < -0.39 is 0 Å². The van der Waals surface area contributed by atoms with Gasteiger partial charge in [0.1, 0.15) is 0 Å². The summed E-state index contributed by atoms with van der Waals surface area (Å²) >= 11 is 0. The van der Waals surface area contributed by atoms with Crippen LogP contribution in [0.2, 0.25) is 0 Å². The van der Waals surface area contributed by atoms with Gasteiger partial charge in [-0.2, -0.15) is 0 Å². The topological polar surface area (TPSA) is 12.0 Å². The van der Waals surface area contributed by atoms with E-state index in [0.717, 1.165) is 24.2 Å². The molecule has 0 aliphatic rings. The van der Waals surface area contributed by atoms with Gasteiger partial charge in [0.2, 0.25) is 0 Å². The lowest BCUT2D eigenvalue weighted by Crippen LogP contribution is -2.13. The number of likely N-dealkylation sites (N-methyl/N-ethyl adjacent to an activating group) is 1. The van der Waals surface area contributed by atoms with Crippen LogP contribution in [0.25, 0.3) is 0 Å². The fraction of sp³-hybridized carbons (Fsp3) is 0.400. The zero-order valence-electron chi connectivity index (χ0n) is 7.48. The summed E-state index contributed by atoms with van der Waals surface area (Å²) in [6.07, 6.45) is 4.71. The number of hydrogen-bond donors (Lipinski definition) is 1. The van der Waals surface area contributed by atoms with E-state index in [0.29, 0.717) is 0 Å². The summed E-state index contributed by atoms with van der Waals surface area (Å²) < 4.78 is 0. The monoisotopic (exact) mass is 151 g/mol. The SMILES string of the molecule is C=C/C=C(/NCC)C(=C)CC. The first-order chi connectivity index (χ1) is 5.26. The molecule has 0 atom stereocenters. The van der Waals surface area contributed by atoms with Crippen molar-refractivity contribution < 1.29 is 0 Å². The van der Waals surface area contributed by atoms with Crippen molar-refractivity contribution in [1.82, 2.24) is 5.32 Å². The molecule has 0 rings (SSSR count). The Balaban J connectivity index is 4.20. The highest BCUT2D eigenvalue weighted by Gasteiger charge is 1.95. The van der Waals surface area contributed by atoms with Crippen molar-refractivity contribution >= 4 is 0 Å². The molecule has 0 bridgehead atoms. The maximum absolute atomic E-state index is 3.93. The Hall–Kier alpha value is -0.980. The van der Waals surface area contributed by atoms with E-state index in [2.05, 4.69) is 32.3 Å². The van der Waals surface area contributed by atoms with Crippen LogP contribution in [0.15, 0.2) is 36.6 Å². The van der Waals surface area contributed by atoms with Crippen molar-refractivity contribution in [3.63, 3.8) is 0 Å². The summed E-state index contributed by atoms with van der Waals surface area (Å²) in [5, 5.41) is 3.22.